The molecule has 0 amide bonds. The Bertz CT molecular complexity index is 504. The lowest BCUT2D eigenvalue weighted by atomic mass is 10.1. The van der Waals surface area contributed by atoms with Gasteiger partial charge in [-0.2, -0.15) is 0 Å². The first kappa shape index (κ1) is 9.71. The van der Waals surface area contributed by atoms with Crippen LogP contribution in [0.2, 0.25) is 0 Å². The van der Waals surface area contributed by atoms with E-state index in [0.717, 1.165) is 16.5 Å². The van der Waals surface area contributed by atoms with Crippen molar-refractivity contribution < 1.29 is 14.3 Å². The van der Waals surface area contributed by atoms with Crippen LogP contribution < -0.4 is 0 Å². The summed E-state index contributed by atoms with van der Waals surface area (Å²) in [4.78, 5) is 13.5. The number of aromatic nitrogens is 1. The second-order valence-corrected chi connectivity index (χ2v) is 3.35. The summed E-state index contributed by atoms with van der Waals surface area (Å²) >= 11 is 0. The summed E-state index contributed by atoms with van der Waals surface area (Å²) in [7, 11) is 0. The minimum absolute atomic E-state index is 0.155. The minimum Gasteiger partial charge on any atom is -0.477 e. The topological polar surface area (TPSA) is 53.1 Å². The molecule has 3 nitrogen and oxygen atoms in total. The van der Waals surface area contributed by atoms with Gasteiger partial charge in [0.25, 0.3) is 0 Å². The van der Waals surface area contributed by atoms with Gasteiger partial charge in [-0.3, -0.25) is 4.39 Å². The number of hydrogen-bond donors (Lipinski definition) is 2. The van der Waals surface area contributed by atoms with Crippen molar-refractivity contribution in [2.45, 2.75) is 6.42 Å². The summed E-state index contributed by atoms with van der Waals surface area (Å²) in [6, 6.07) is 6.92. The van der Waals surface area contributed by atoms with Gasteiger partial charge in [-0.1, -0.05) is 6.07 Å². The van der Waals surface area contributed by atoms with Crippen LogP contribution in [0.1, 0.15) is 16.1 Å². The molecule has 2 rings (SSSR count). The lowest BCUT2D eigenvalue weighted by Crippen LogP contribution is -1.94. The number of rotatable bonds is 3. The Balaban J connectivity index is 2.47. The zero-order chi connectivity index (χ0) is 10.8. The van der Waals surface area contributed by atoms with Crippen LogP contribution in [-0.2, 0) is 6.42 Å². The summed E-state index contributed by atoms with van der Waals surface area (Å²) in [6.45, 7) is -0.401. The maximum Gasteiger partial charge on any atom is 0.352 e. The van der Waals surface area contributed by atoms with E-state index in [2.05, 4.69) is 4.98 Å². The summed E-state index contributed by atoms with van der Waals surface area (Å²) in [5.74, 6) is -0.988. The molecule has 15 heavy (non-hydrogen) atoms. The molecule has 0 aliphatic heterocycles. The number of H-pyrrole nitrogens is 1. The third-order valence-electron chi connectivity index (χ3n) is 2.30. The van der Waals surface area contributed by atoms with Crippen molar-refractivity contribution in [2.24, 2.45) is 0 Å². The van der Waals surface area contributed by atoms with E-state index in [1.54, 1.807) is 24.3 Å². The lowest BCUT2D eigenvalue weighted by Gasteiger charge is -1.96. The van der Waals surface area contributed by atoms with Gasteiger partial charge in [-0.05, 0) is 23.8 Å². The van der Waals surface area contributed by atoms with Crippen molar-refractivity contribution in [1.82, 2.24) is 4.98 Å². The van der Waals surface area contributed by atoms with Crippen LogP contribution in [0.4, 0.5) is 4.39 Å². The number of benzene rings is 1. The number of carboxylic acids is 1. The zero-order valence-electron chi connectivity index (χ0n) is 7.96. The van der Waals surface area contributed by atoms with E-state index in [4.69, 9.17) is 5.11 Å². The summed E-state index contributed by atoms with van der Waals surface area (Å²) in [6.07, 6.45) is 0.365. The predicted octanol–water partition coefficient (Wildman–Crippen LogP) is 2.38. The van der Waals surface area contributed by atoms with Crippen LogP contribution in [0.5, 0.6) is 0 Å². The van der Waals surface area contributed by atoms with Crippen LogP contribution >= 0.6 is 0 Å². The van der Waals surface area contributed by atoms with Crippen molar-refractivity contribution >= 4 is 16.9 Å². The van der Waals surface area contributed by atoms with Crippen molar-refractivity contribution in [2.75, 3.05) is 6.67 Å². The van der Waals surface area contributed by atoms with Gasteiger partial charge in [0.05, 0.1) is 6.67 Å². The molecule has 78 valence electrons. The number of aromatic amines is 1. The first-order valence-corrected chi connectivity index (χ1v) is 4.61. The maximum absolute atomic E-state index is 12.1. The number of aromatic carboxylic acids is 1. The van der Waals surface area contributed by atoms with E-state index >= 15 is 0 Å². The molecule has 0 aliphatic rings. The van der Waals surface area contributed by atoms with Gasteiger partial charge >= 0.3 is 5.97 Å². The monoisotopic (exact) mass is 207 g/mol. The Kier molecular flexibility index (Phi) is 2.41. The molecule has 0 unspecified atom stereocenters. The molecule has 2 N–H and O–H groups in total. The van der Waals surface area contributed by atoms with Gasteiger partial charge in [0.15, 0.2) is 0 Å². The average molecular weight is 207 g/mol. The zero-order valence-corrected chi connectivity index (χ0v) is 7.96. The number of fused-ring (bicyclic) bond motifs is 1. The van der Waals surface area contributed by atoms with Crippen LogP contribution in [0.25, 0.3) is 10.9 Å². The smallest absolute Gasteiger partial charge is 0.352 e. The predicted molar refractivity (Wildman–Crippen MR) is 54.9 cm³/mol. The molecule has 0 saturated heterocycles. The van der Waals surface area contributed by atoms with E-state index in [9.17, 15) is 9.18 Å². The molecule has 1 aromatic carbocycles. The molecule has 0 spiro atoms. The fourth-order valence-electron chi connectivity index (χ4n) is 1.56. The molecule has 0 radical (unpaired) electrons. The molecule has 0 fully saturated rings. The Labute approximate surface area is 85.5 Å². The number of nitrogens with one attached hydrogen (secondary N) is 1. The number of hydrogen-bond acceptors (Lipinski definition) is 1. The fraction of sp³-hybridized carbons (Fsp3) is 0.182. The van der Waals surface area contributed by atoms with Crippen molar-refractivity contribution in [3.63, 3.8) is 0 Å². The van der Waals surface area contributed by atoms with Crippen LogP contribution in [0, 0.1) is 0 Å². The second-order valence-electron chi connectivity index (χ2n) is 3.35. The number of aryl methyl sites for hydroxylation is 1. The van der Waals surface area contributed by atoms with Gasteiger partial charge in [0.1, 0.15) is 5.69 Å². The summed E-state index contributed by atoms with van der Waals surface area (Å²) < 4.78 is 12.1. The SMILES string of the molecule is O=C(O)c1cc2cc(CCF)ccc2[nH]1. The van der Waals surface area contributed by atoms with Gasteiger partial charge in [0, 0.05) is 17.3 Å². The van der Waals surface area contributed by atoms with Crippen LogP contribution in [-0.4, -0.2) is 22.7 Å². The van der Waals surface area contributed by atoms with E-state index in [1.165, 1.54) is 0 Å². The fourth-order valence-corrected chi connectivity index (χ4v) is 1.56. The van der Waals surface area contributed by atoms with Crippen molar-refractivity contribution in [3.8, 4) is 0 Å². The Hall–Kier alpha value is -1.84. The van der Waals surface area contributed by atoms with Gasteiger partial charge < -0.3 is 10.1 Å². The number of alkyl halides is 1. The molecule has 2 aromatic rings. The molecule has 0 aliphatic carbocycles. The maximum atomic E-state index is 12.1. The highest BCUT2D eigenvalue weighted by Gasteiger charge is 2.07. The largest absolute Gasteiger partial charge is 0.477 e. The quantitative estimate of drug-likeness (QED) is 0.811. The van der Waals surface area contributed by atoms with E-state index in [0.29, 0.717) is 6.42 Å². The van der Waals surface area contributed by atoms with Gasteiger partial charge in [0.2, 0.25) is 0 Å². The number of carbonyl (C=O) groups is 1. The highest BCUT2D eigenvalue weighted by molar-refractivity contribution is 5.93. The molecule has 0 saturated carbocycles. The normalized spacial score (nSPS) is 10.7. The van der Waals surface area contributed by atoms with E-state index in [-0.39, 0.29) is 5.69 Å². The van der Waals surface area contributed by atoms with Crippen molar-refractivity contribution in [1.29, 1.82) is 0 Å². The summed E-state index contributed by atoms with van der Waals surface area (Å²) in [5, 5.41) is 9.57. The third-order valence-corrected chi connectivity index (χ3v) is 2.30. The third kappa shape index (κ3) is 1.83. The Morgan fingerprint density at radius 2 is 2.20 bits per heavy atom. The Morgan fingerprint density at radius 1 is 1.40 bits per heavy atom. The standard InChI is InChI=1S/C11H10FNO2/c12-4-3-7-1-2-9-8(5-7)6-10(13-9)11(14)15/h1-2,5-6,13H,3-4H2,(H,14,15). The first-order valence-electron chi connectivity index (χ1n) is 4.61. The lowest BCUT2D eigenvalue weighted by molar-refractivity contribution is 0.0691. The Morgan fingerprint density at radius 3 is 2.87 bits per heavy atom. The minimum atomic E-state index is -0.988. The van der Waals surface area contributed by atoms with Crippen LogP contribution in [0.15, 0.2) is 24.3 Å². The average Bonchev–Trinajstić information content (AvgIpc) is 2.61. The molecule has 0 atom stereocenters. The van der Waals surface area contributed by atoms with Gasteiger partial charge in [-0.25, -0.2) is 4.79 Å². The molecule has 4 heteroatoms. The van der Waals surface area contributed by atoms with Crippen molar-refractivity contribution in [3.05, 3.63) is 35.5 Å². The molecule has 1 heterocycles. The van der Waals surface area contributed by atoms with Gasteiger partial charge in [-0.15, -0.1) is 0 Å². The molecular weight excluding hydrogens is 197 g/mol. The number of halogens is 1. The first-order chi connectivity index (χ1) is 7.20. The highest BCUT2D eigenvalue weighted by atomic mass is 19.1. The molecular formula is C11H10FNO2. The van der Waals surface area contributed by atoms with Crippen LogP contribution in [0.3, 0.4) is 0 Å². The molecule has 1 aromatic heterocycles. The second kappa shape index (κ2) is 3.73. The van der Waals surface area contributed by atoms with E-state index < -0.39 is 12.6 Å². The highest BCUT2D eigenvalue weighted by Crippen LogP contribution is 2.17. The molecule has 0 bridgehead atoms. The number of carboxylic acid groups (broad SMARTS) is 1. The van der Waals surface area contributed by atoms with E-state index in [1.807, 2.05) is 0 Å². The summed E-state index contributed by atoms with van der Waals surface area (Å²) in [5.41, 5.74) is 1.79.